The van der Waals surface area contributed by atoms with Crippen LogP contribution in [0.2, 0.25) is 0 Å². The number of benzene rings is 2. The van der Waals surface area contributed by atoms with Crippen LogP contribution < -0.4 is 4.72 Å². The summed E-state index contributed by atoms with van der Waals surface area (Å²) < 4.78 is 28.8. The van der Waals surface area contributed by atoms with Gasteiger partial charge in [0.05, 0.1) is 10.6 Å². The summed E-state index contributed by atoms with van der Waals surface area (Å²) in [6.07, 6.45) is 0. The summed E-state index contributed by atoms with van der Waals surface area (Å²) in [5.74, 6) is 0. The largest absolute Gasteiger partial charge is 0.240 e. The van der Waals surface area contributed by atoms with Crippen LogP contribution >= 0.6 is 11.8 Å². The van der Waals surface area contributed by atoms with E-state index in [4.69, 9.17) is 0 Å². The Morgan fingerprint density at radius 3 is 2.40 bits per heavy atom. The van der Waals surface area contributed by atoms with E-state index >= 15 is 0 Å². The molecule has 0 unspecified atom stereocenters. The number of hydrogen-bond donors (Lipinski definition) is 1. The van der Waals surface area contributed by atoms with Gasteiger partial charge in [-0.05, 0) is 34.7 Å². The molecule has 7 nitrogen and oxygen atoms in total. The molecule has 0 bridgehead atoms. The van der Waals surface area contributed by atoms with Crippen LogP contribution in [0.4, 0.5) is 0 Å². The Labute approximate surface area is 150 Å². The number of thioether (sulfide) groups is 1. The zero-order valence-corrected chi connectivity index (χ0v) is 15.1. The standard InChI is InChI=1S/C16H17N5O2S2/c1-13(12-17-25(22,23)15-10-6-3-7-11-15)24-16-18-19-20-21(16)14-8-4-2-5-9-14/h2-11,13,17H,12H2,1H3/t13-/m1/s1. The van der Waals surface area contributed by atoms with Crippen LogP contribution in [-0.2, 0) is 10.0 Å². The molecule has 0 saturated carbocycles. The molecule has 0 aliphatic heterocycles. The molecule has 130 valence electrons. The van der Waals surface area contributed by atoms with Gasteiger partial charge < -0.3 is 0 Å². The second-order valence-corrected chi connectivity index (χ2v) is 8.47. The molecule has 1 N–H and O–H groups in total. The zero-order valence-electron chi connectivity index (χ0n) is 13.5. The lowest BCUT2D eigenvalue weighted by Crippen LogP contribution is -2.29. The van der Waals surface area contributed by atoms with Crippen molar-refractivity contribution in [1.29, 1.82) is 0 Å². The first-order valence-corrected chi connectivity index (χ1v) is 9.98. The predicted molar refractivity (Wildman–Crippen MR) is 96.1 cm³/mol. The van der Waals surface area contributed by atoms with Gasteiger partial charge in [0.1, 0.15) is 0 Å². The van der Waals surface area contributed by atoms with E-state index < -0.39 is 10.0 Å². The van der Waals surface area contributed by atoms with Gasteiger partial charge in [-0.25, -0.2) is 13.1 Å². The summed E-state index contributed by atoms with van der Waals surface area (Å²) in [6.45, 7) is 2.19. The molecule has 9 heteroatoms. The third kappa shape index (κ3) is 4.44. The smallest absolute Gasteiger partial charge is 0.210 e. The number of rotatable bonds is 7. The fraction of sp³-hybridized carbons (Fsp3) is 0.188. The second-order valence-electron chi connectivity index (χ2n) is 5.30. The number of sulfonamides is 1. The minimum Gasteiger partial charge on any atom is -0.210 e. The predicted octanol–water partition coefficient (Wildman–Crippen LogP) is 2.12. The van der Waals surface area contributed by atoms with Crippen molar-refractivity contribution in [2.45, 2.75) is 22.2 Å². The molecular formula is C16H17N5O2S2. The molecule has 3 rings (SSSR count). The van der Waals surface area contributed by atoms with Crippen molar-refractivity contribution in [2.24, 2.45) is 0 Å². The number of para-hydroxylation sites is 1. The molecule has 0 aliphatic carbocycles. The fourth-order valence-corrected chi connectivity index (χ4v) is 4.22. The van der Waals surface area contributed by atoms with Crippen LogP contribution in [0.15, 0.2) is 70.7 Å². The van der Waals surface area contributed by atoms with E-state index in [1.807, 2.05) is 37.3 Å². The Kier molecular flexibility index (Phi) is 5.47. The van der Waals surface area contributed by atoms with Crippen molar-refractivity contribution in [1.82, 2.24) is 24.9 Å². The molecule has 0 radical (unpaired) electrons. The lowest BCUT2D eigenvalue weighted by molar-refractivity contribution is 0.581. The van der Waals surface area contributed by atoms with E-state index in [9.17, 15) is 8.42 Å². The van der Waals surface area contributed by atoms with E-state index in [2.05, 4.69) is 20.2 Å². The first-order valence-electron chi connectivity index (χ1n) is 7.61. The lowest BCUT2D eigenvalue weighted by atomic mass is 10.3. The van der Waals surface area contributed by atoms with Crippen molar-refractivity contribution < 1.29 is 8.42 Å². The van der Waals surface area contributed by atoms with E-state index in [1.54, 1.807) is 35.0 Å². The zero-order chi connectivity index (χ0) is 17.7. The third-order valence-corrected chi connectivity index (χ3v) is 5.84. The normalized spacial score (nSPS) is 12.8. The van der Waals surface area contributed by atoms with Gasteiger partial charge in [0.2, 0.25) is 15.2 Å². The molecule has 0 amide bonds. The average molecular weight is 375 g/mol. The quantitative estimate of drug-likeness (QED) is 0.636. The SMILES string of the molecule is C[C@H](CNS(=O)(=O)c1ccccc1)Sc1nnnn1-c1ccccc1. The third-order valence-electron chi connectivity index (χ3n) is 3.36. The molecule has 0 saturated heterocycles. The Balaban J connectivity index is 1.64. The summed E-state index contributed by atoms with van der Waals surface area (Å²) >= 11 is 1.41. The minimum atomic E-state index is -3.52. The fourth-order valence-electron chi connectivity index (χ4n) is 2.12. The topological polar surface area (TPSA) is 89.8 Å². The molecule has 0 spiro atoms. The summed E-state index contributed by atoms with van der Waals surface area (Å²) in [6, 6.07) is 17.8. The maximum Gasteiger partial charge on any atom is 0.240 e. The van der Waals surface area contributed by atoms with Gasteiger partial charge in [0.25, 0.3) is 0 Å². The maximum atomic E-state index is 12.3. The van der Waals surface area contributed by atoms with E-state index in [1.165, 1.54) is 11.8 Å². The van der Waals surface area contributed by atoms with Gasteiger partial charge in [-0.3, -0.25) is 0 Å². The highest BCUT2D eigenvalue weighted by molar-refractivity contribution is 7.99. The van der Waals surface area contributed by atoms with Gasteiger partial charge in [0.15, 0.2) is 0 Å². The van der Waals surface area contributed by atoms with Crippen LogP contribution in [0.3, 0.4) is 0 Å². The van der Waals surface area contributed by atoms with Crippen LogP contribution in [0, 0.1) is 0 Å². The molecule has 25 heavy (non-hydrogen) atoms. The molecular weight excluding hydrogens is 358 g/mol. The molecule has 1 atom stereocenters. The Morgan fingerprint density at radius 2 is 1.72 bits per heavy atom. The van der Waals surface area contributed by atoms with E-state index in [-0.39, 0.29) is 16.7 Å². The van der Waals surface area contributed by atoms with Crippen molar-refractivity contribution in [2.75, 3.05) is 6.54 Å². The number of hydrogen-bond acceptors (Lipinski definition) is 6. The van der Waals surface area contributed by atoms with Crippen LogP contribution in [0.5, 0.6) is 0 Å². The first kappa shape index (κ1) is 17.6. The first-order chi connectivity index (χ1) is 12.1. The second kappa shape index (κ2) is 7.77. The Bertz CT molecular complexity index is 914. The highest BCUT2D eigenvalue weighted by Gasteiger charge is 2.17. The van der Waals surface area contributed by atoms with Gasteiger partial charge in [-0.2, -0.15) is 4.68 Å². The number of tetrazole rings is 1. The molecule has 0 aliphatic rings. The van der Waals surface area contributed by atoms with Crippen molar-refractivity contribution in [3.63, 3.8) is 0 Å². The highest BCUT2D eigenvalue weighted by atomic mass is 32.2. The van der Waals surface area contributed by atoms with Gasteiger partial charge in [0, 0.05) is 11.8 Å². The Morgan fingerprint density at radius 1 is 1.08 bits per heavy atom. The van der Waals surface area contributed by atoms with Crippen LogP contribution in [0.1, 0.15) is 6.92 Å². The van der Waals surface area contributed by atoms with Gasteiger partial charge >= 0.3 is 0 Å². The van der Waals surface area contributed by atoms with E-state index in [0.717, 1.165) is 5.69 Å². The molecule has 1 heterocycles. The summed E-state index contributed by atoms with van der Waals surface area (Å²) in [7, 11) is -3.52. The molecule has 2 aromatic carbocycles. The highest BCUT2D eigenvalue weighted by Crippen LogP contribution is 2.22. The molecule has 1 aromatic heterocycles. The number of aromatic nitrogens is 4. The van der Waals surface area contributed by atoms with Gasteiger partial charge in [-0.1, -0.05) is 55.1 Å². The number of nitrogens with one attached hydrogen (secondary N) is 1. The van der Waals surface area contributed by atoms with Crippen LogP contribution in [0.25, 0.3) is 5.69 Å². The number of nitrogens with zero attached hydrogens (tertiary/aromatic N) is 4. The molecule has 3 aromatic rings. The van der Waals surface area contributed by atoms with E-state index in [0.29, 0.717) is 5.16 Å². The lowest BCUT2D eigenvalue weighted by Gasteiger charge is -2.12. The average Bonchev–Trinajstić information content (AvgIpc) is 3.10. The monoisotopic (exact) mass is 375 g/mol. The summed E-state index contributed by atoms with van der Waals surface area (Å²) in [4.78, 5) is 0.251. The maximum absolute atomic E-state index is 12.3. The van der Waals surface area contributed by atoms with Gasteiger partial charge in [-0.15, -0.1) is 5.10 Å². The van der Waals surface area contributed by atoms with Crippen LogP contribution in [-0.4, -0.2) is 40.4 Å². The minimum absolute atomic E-state index is 0.0491. The van der Waals surface area contributed by atoms with Crippen molar-refractivity contribution in [3.05, 3.63) is 60.7 Å². The summed E-state index contributed by atoms with van der Waals surface area (Å²) in [5.41, 5.74) is 0.854. The Hall–Kier alpha value is -2.23. The summed E-state index contributed by atoms with van der Waals surface area (Å²) in [5, 5.41) is 12.3. The van der Waals surface area contributed by atoms with Crippen molar-refractivity contribution >= 4 is 21.8 Å². The molecule has 0 fully saturated rings. The van der Waals surface area contributed by atoms with Crippen molar-refractivity contribution in [3.8, 4) is 5.69 Å².